The highest BCUT2D eigenvalue weighted by atomic mass is 35.5. The molecule has 1 aliphatic heterocycles. The molecule has 13 heteroatoms. The zero-order chi connectivity index (χ0) is 31.8. The van der Waals surface area contributed by atoms with Crippen molar-refractivity contribution in [3.8, 4) is 24.3 Å². The number of piperidine rings is 1. The van der Waals surface area contributed by atoms with Crippen LogP contribution in [0.1, 0.15) is 32.6 Å². The standard InChI is InChI=1S/C28H37ClF2N4O5S.C2H2/c1-3-11-32-26(36)20-35(15-14-33(2)28(37)39-17-16-34-12-5-4-6-13-34)41(38)23-18-24(30)27(25(31)19-23)40-22-9-7-21(29)8-10-22;1-2/h7-10,18-19H,3-6,11-17,20H2,1-2H3,(H,32,36);1-2H. The van der Waals surface area contributed by atoms with E-state index in [1.165, 1.54) is 46.9 Å². The van der Waals surface area contributed by atoms with Crippen molar-refractivity contribution in [1.82, 2.24) is 19.4 Å². The van der Waals surface area contributed by atoms with Crippen LogP contribution >= 0.6 is 11.6 Å². The van der Waals surface area contributed by atoms with E-state index in [1.807, 2.05) is 6.92 Å². The third-order valence-corrected chi connectivity index (χ3v) is 8.08. The number of hydrogen-bond donors (Lipinski definition) is 1. The summed E-state index contributed by atoms with van der Waals surface area (Å²) < 4.78 is 55.2. The van der Waals surface area contributed by atoms with Gasteiger partial charge >= 0.3 is 6.09 Å². The van der Waals surface area contributed by atoms with Crippen molar-refractivity contribution in [2.24, 2.45) is 0 Å². The molecular formula is C30H39ClF2N4O5S. The number of amides is 2. The van der Waals surface area contributed by atoms with Crippen molar-refractivity contribution in [2.45, 2.75) is 37.5 Å². The third-order valence-electron chi connectivity index (χ3n) is 6.41. The van der Waals surface area contributed by atoms with Crippen molar-refractivity contribution in [1.29, 1.82) is 0 Å². The lowest BCUT2D eigenvalue weighted by atomic mass is 10.1. The first-order valence-electron chi connectivity index (χ1n) is 14.0. The van der Waals surface area contributed by atoms with Crippen molar-refractivity contribution in [2.75, 3.05) is 59.5 Å². The molecule has 0 aromatic heterocycles. The van der Waals surface area contributed by atoms with Gasteiger partial charge in [-0.1, -0.05) is 24.9 Å². The molecule has 2 aromatic rings. The number of halogens is 3. The Bertz CT molecular complexity index is 1210. The van der Waals surface area contributed by atoms with Gasteiger partial charge < -0.3 is 19.7 Å². The maximum absolute atomic E-state index is 14.9. The summed E-state index contributed by atoms with van der Waals surface area (Å²) >= 11 is 5.84. The van der Waals surface area contributed by atoms with E-state index < -0.39 is 40.4 Å². The van der Waals surface area contributed by atoms with E-state index in [2.05, 4.69) is 23.1 Å². The van der Waals surface area contributed by atoms with Crippen LogP contribution in [-0.4, -0.2) is 89.8 Å². The summed E-state index contributed by atoms with van der Waals surface area (Å²) in [5, 5.41) is 3.13. The molecule has 3 rings (SSSR count). The van der Waals surface area contributed by atoms with Crippen LogP contribution in [0.3, 0.4) is 0 Å². The molecule has 1 fully saturated rings. The van der Waals surface area contributed by atoms with E-state index in [1.54, 1.807) is 0 Å². The molecule has 2 amide bonds. The molecule has 2 aromatic carbocycles. The highest BCUT2D eigenvalue weighted by Crippen LogP contribution is 2.30. The fraction of sp³-hybridized carbons (Fsp3) is 0.467. The number of nitrogens with one attached hydrogen (secondary N) is 1. The first kappa shape index (κ1) is 36.0. The molecule has 0 aliphatic carbocycles. The average Bonchev–Trinajstić information content (AvgIpc) is 3.01. The van der Waals surface area contributed by atoms with E-state index >= 15 is 0 Å². The van der Waals surface area contributed by atoms with Crippen LogP contribution in [0.4, 0.5) is 13.6 Å². The van der Waals surface area contributed by atoms with Crippen molar-refractivity contribution in [3.05, 3.63) is 53.1 Å². The number of ether oxygens (including phenoxy) is 2. The average molecular weight is 641 g/mol. The van der Waals surface area contributed by atoms with Gasteiger partial charge in [0.25, 0.3) is 0 Å². The number of hydrogen-bond acceptors (Lipinski definition) is 6. The van der Waals surface area contributed by atoms with Crippen LogP contribution < -0.4 is 10.1 Å². The summed E-state index contributed by atoms with van der Waals surface area (Å²) in [7, 11) is -0.599. The fourth-order valence-corrected chi connectivity index (χ4v) is 5.43. The number of likely N-dealkylation sites (N-methyl/N-ethyl adjacent to an activating group) is 1. The van der Waals surface area contributed by atoms with Crippen LogP contribution in [0.15, 0.2) is 41.3 Å². The summed E-state index contributed by atoms with van der Waals surface area (Å²) in [4.78, 5) is 28.3. The summed E-state index contributed by atoms with van der Waals surface area (Å²) in [5.74, 6) is -3.02. The Morgan fingerprint density at radius 2 is 1.70 bits per heavy atom. The minimum absolute atomic E-state index is 0.0177. The minimum atomic E-state index is -2.13. The summed E-state index contributed by atoms with van der Waals surface area (Å²) in [6.45, 7) is 4.94. The van der Waals surface area contributed by atoms with Crippen molar-refractivity contribution in [3.63, 3.8) is 0 Å². The van der Waals surface area contributed by atoms with Gasteiger partial charge in [-0.05, 0) is 68.8 Å². The van der Waals surface area contributed by atoms with Crippen LogP contribution in [-0.2, 0) is 20.5 Å². The monoisotopic (exact) mass is 640 g/mol. The van der Waals surface area contributed by atoms with Gasteiger partial charge in [0.2, 0.25) is 5.91 Å². The second-order valence-corrected chi connectivity index (χ2v) is 11.6. The lowest BCUT2D eigenvalue weighted by Crippen LogP contribution is -2.43. The first-order valence-corrected chi connectivity index (χ1v) is 15.5. The van der Waals surface area contributed by atoms with Gasteiger partial charge in [-0.25, -0.2) is 22.1 Å². The smallest absolute Gasteiger partial charge is 0.409 e. The number of terminal acetylenes is 1. The molecule has 43 heavy (non-hydrogen) atoms. The van der Waals surface area contributed by atoms with Crippen molar-refractivity contribution >= 4 is 34.6 Å². The lowest BCUT2D eigenvalue weighted by molar-refractivity contribution is -0.121. The number of nitrogens with zero attached hydrogens (tertiary/aromatic N) is 3. The predicted octanol–water partition coefficient (Wildman–Crippen LogP) is 5.07. The van der Waals surface area contributed by atoms with Crippen LogP contribution in [0.2, 0.25) is 5.02 Å². The third kappa shape index (κ3) is 12.1. The van der Waals surface area contributed by atoms with Crippen LogP contribution in [0.5, 0.6) is 11.5 Å². The fourth-order valence-electron chi connectivity index (χ4n) is 4.11. The highest BCUT2D eigenvalue weighted by molar-refractivity contribution is 7.82. The quantitative estimate of drug-likeness (QED) is 0.290. The van der Waals surface area contributed by atoms with Crippen LogP contribution in [0, 0.1) is 24.5 Å². The summed E-state index contributed by atoms with van der Waals surface area (Å²) in [6.07, 6.45) is 11.6. The molecular weight excluding hydrogens is 602 g/mol. The largest absolute Gasteiger partial charge is 0.451 e. The molecule has 0 saturated carbocycles. The molecule has 1 atom stereocenters. The highest BCUT2D eigenvalue weighted by Gasteiger charge is 2.24. The summed E-state index contributed by atoms with van der Waals surface area (Å²) in [5.41, 5.74) is 0. The lowest BCUT2D eigenvalue weighted by Gasteiger charge is -2.27. The zero-order valence-electron chi connectivity index (χ0n) is 24.5. The normalized spacial score (nSPS) is 13.9. The van der Waals surface area contributed by atoms with E-state index in [0.29, 0.717) is 24.5 Å². The zero-order valence-corrected chi connectivity index (χ0v) is 26.1. The Balaban J connectivity index is 0.00000316. The van der Waals surface area contributed by atoms with Gasteiger partial charge in [0.15, 0.2) is 17.4 Å². The molecule has 1 N–H and O–H groups in total. The molecule has 0 bridgehead atoms. The minimum Gasteiger partial charge on any atom is -0.451 e. The van der Waals surface area contributed by atoms with E-state index in [9.17, 15) is 22.6 Å². The van der Waals surface area contributed by atoms with E-state index in [4.69, 9.17) is 21.1 Å². The Kier molecular flexibility index (Phi) is 16.0. The van der Waals surface area contributed by atoms with Gasteiger partial charge in [0.1, 0.15) is 23.3 Å². The van der Waals surface area contributed by atoms with Gasteiger partial charge in [-0.15, -0.1) is 12.8 Å². The van der Waals surface area contributed by atoms with Crippen molar-refractivity contribution < 1.29 is 32.1 Å². The molecule has 1 heterocycles. The number of carbonyl (C=O) groups excluding carboxylic acids is 2. The molecule has 1 unspecified atom stereocenters. The Morgan fingerprint density at radius 1 is 1.07 bits per heavy atom. The maximum atomic E-state index is 14.9. The van der Waals surface area contributed by atoms with Gasteiger partial charge in [-0.3, -0.25) is 9.69 Å². The van der Waals surface area contributed by atoms with Gasteiger partial charge in [0, 0.05) is 38.2 Å². The van der Waals surface area contributed by atoms with E-state index in [0.717, 1.165) is 38.1 Å². The topological polar surface area (TPSA) is 91.4 Å². The molecule has 0 spiro atoms. The first-order chi connectivity index (χ1) is 20.7. The SMILES string of the molecule is C#C.CCCNC(=O)CN(CCN(C)C(=O)OCCN1CCCCC1)S(=O)c1cc(F)c(Oc2ccc(Cl)cc2)c(F)c1. The second kappa shape index (κ2) is 19.1. The molecule has 1 saturated heterocycles. The van der Waals surface area contributed by atoms with Crippen LogP contribution in [0.25, 0.3) is 0 Å². The maximum Gasteiger partial charge on any atom is 0.409 e. The number of rotatable bonds is 14. The Hall–Kier alpha value is -3.24. The summed E-state index contributed by atoms with van der Waals surface area (Å²) in [6, 6.07) is 7.75. The number of benzene rings is 2. The molecule has 0 radical (unpaired) electrons. The molecule has 236 valence electrons. The number of carbonyl (C=O) groups is 2. The van der Waals surface area contributed by atoms with Gasteiger partial charge in [0.05, 0.1) is 11.4 Å². The molecule has 9 nitrogen and oxygen atoms in total. The predicted molar refractivity (Wildman–Crippen MR) is 163 cm³/mol. The van der Waals surface area contributed by atoms with E-state index in [-0.39, 0.29) is 36.9 Å². The Labute approximate surface area is 260 Å². The molecule has 1 aliphatic rings. The second-order valence-electron chi connectivity index (χ2n) is 9.67. The number of likely N-dealkylation sites (tertiary alicyclic amines) is 1. The van der Waals surface area contributed by atoms with Gasteiger partial charge in [-0.2, -0.15) is 0 Å². The Morgan fingerprint density at radius 3 is 2.30 bits per heavy atom.